The van der Waals surface area contributed by atoms with Crippen molar-refractivity contribution >= 4 is 5.96 Å². The molecule has 2 fully saturated rings. The van der Waals surface area contributed by atoms with Crippen molar-refractivity contribution in [3.05, 3.63) is 0 Å². The van der Waals surface area contributed by atoms with Gasteiger partial charge >= 0.3 is 0 Å². The molecular weight excluding hydrogens is 186 g/mol. The van der Waals surface area contributed by atoms with Crippen LogP contribution in [0.5, 0.6) is 0 Å². The summed E-state index contributed by atoms with van der Waals surface area (Å²) in [4.78, 5) is 6.80. The van der Waals surface area contributed by atoms with E-state index < -0.39 is 0 Å². The summed E-state index contributed by atoms with van der Waals surface area (Å²) in [5.74, 6) is 0.723. The van der Waals surface area contributed by atoms with Gasteiger partial charge in [0, 0.05) is 13.1 Å². The Balaban J connectivity index is 2.05. The SMILES string of the molecule is CN(C(N)=NC1C(C)(C)C1(C)C)C1CC1. The number of hydrogen-bond acceptors (Lipinski definition) is 1. The number of guanidine groups is 1. The first-order chi connectivity index (χ1) is 6.78. The van der Waals surface area contributed by atoms with Gasteiger partial charge < -0.3 is 10.6 Å². The van der Waals surface area contributed by atoms with Gasteiger partial charge in [-0.15, -0.1) is 0 Å². The van der Waals surface area contributed by atoms with Crippen LogP contribution in [0.4, 0.5) is 0 Å². The maximum atomic E-state index is 6.02. The highest BCUT2D eigenvalue weighted by Gasteiger charge is 2.65. The average molecular weight is 209 g/mol. The zero-order chi connectivity index (χ0) is 11.4. The van der Waals surface area contributed by atoms with Gasteiger partial charge in [0.2, 0.25) is 0 Å². The predicted octanol–water partition coefficient (Wildman–Crippen LogP) is 1.83. The van der Waals surface area contributed by atoms with Gasteiger partial charge in [0.05, 0.1) is 6.04 Å². The van der Waals surface area contributed by atoms with Crippen LogP contribution >= 0.6 is 0 Å². The summed E-state index contributed by atoms with van der Waals surface area (Å²) in [5, 5.41) is 0. The topological polar surface area (TPSA) is 41.6 Å². The van der Waals surface area contributed by atoms with Crippen LogP contribution < -0.4 is 5.73 Å². The van der Waals surface area contributed by atoms with E-state index in [9.17, 15) is 0 Å². The second-order valence-corrected chi connectivity index (χ2v) is 6.18. The van der Waals surface area contributed by atoms with Crippen molar-refractivity contribution in [1.29, 1.82) is 0 Å². The summed E-state index contributed by atoms with van der Waals surface area (Å²) in [6.07, 6.45) is 2.54. The van der Waals surface area contributed by atoms with Gasteiger partial charge in [-0.3, -0.25) is 0 Å². The van der Waals surface area contributed by atoms with Crippen LogP contribution in [0, 0.1) is 10.8 Å². The molecule has 0 saturated heterocycles. The molecule has 3 nitrogen and oxygen atoms in total. The van der Waals surface area contributed by atoms with E-state index in [0.717, 1.165) is 5.96 Å². The van der Waals surface area contributed by atoms with Crippen LogP contribution in [0.25, 0.3) is 0 Å². The minimum absolute atomic E-state index is 0.294. The highest BCUT2D eigenvalue weighted by atomic mass is 15.3. The molecule has 0 bridgehead atoms. The van der Waals surface area contributed by atoms with Gasteiger partial charge in [-0.05, 0) is 23.7 Å². The van der Waals surface area contributed by atoms with E-state index >= 15 is 0 Å². The Kier molecular flexibility index (Phi) is 2.08. The molecule has 0 aromatic carbocycles. The average Bonchev–Trinajstić information content (AvgIpc) is 3.00. The van der Waals surface area contributed by atoms with Crippen molar-refractivity contribution in [3.8, 4) is 0 Å². The normalized spacial score (nSPS) is 29.0. The molecule has 0 spiro atoms. The van der Waals surface area contributed by atoms with Crippen LogP contribution in [0.15, 0.2) is 4.99 Å². The quantitative estimate of drug-likeness (QED) is 0.557. The van der Waals surface area contributed by atoms with E-state index in [1.807, 2.05) is 0 Å². The summed E-state index contributed by atoms with van der Waals surface area (Å²) < 4.78 is 0. The van der Waals surface area contributed by atoms with Gasteiger partial charge in [-0.1, -0.05) is 27.7 Å². The number of rotatable bonds is 2. The van der Waals surface area contributed by atoms with Crippen LogP contribution in [-0.4, -0.2) is 30.0 Å². The summed E-state index contributed by atoms with van der Waals surface area (Å²) in [5.41, 5.74) is 6.60. The van der Waals surface area contributed by atoms with Gasteiger partial charge in [0.25, 0.3) is 0 Å². The van der Waals surface area contributed by atoms with E-state index in [1.54, 1.807) is 0 Å². The minimum atomic E-state index is 0.294. The third-order valence-electron chi connectivity index (χ3n) is 4.66. The van der Waals surface area contributed by atoms with E-state index in [2.05, 4.69) is 44.6 Å². The molecule has 0 aromatic heterocycles. The molecule has 3 heteroatoms. The fourth-order valence-electron chi connectivity index (χ4n) is 2.36. The lowest BCUT2D eigenvalue weighted by molar-refractivity contribution is 0.457. The van der Waals surface area contributed by atoms with Crippen LogP contribution in [0.3, 0.4) is 0 Å². The van der Waals surface area contributed by atoms with Gasteiger partial charge in [-0.25, -0.2) is 4.99 Å². The zero-order valence-electron chi connectivity index (χ0n) is 10.5. The summed E-state index contributed by atoms with van der Waals surface area (Å²) >= 11 is 0. The molecule has 0 amide bonds. The molecule has 2 rings (SSSR count). The Hall–Kier alpha value is -0.730. The van der Waals surface area contributed by atoms with E-state index in [4.69, 9.17) is 5.73 Å². The third kappa shape index (κ3) is 1.52. The molecule has 2 aliphatic carbocycles. The first-order valence-corrected chi connectivity index (χ1v) is 5.84. The first-order valence-electron chi connectivity index (χ1n) is 5.84. The van der Waals surface area contributed by atoms with E-state index in [0.29, 0.717) is 22.9 Å². The maximum absolute atomic E-state index is 6.02. The van der Waals surface area contributed by atoms with Crippen molar-refractivity contribution in [3.63, 3.8) is 0 Å². The number of hydrogen-bond donors (Lipinski definition) is 1. The van der Waals surface area contributed by atoms with E-state index in [1.165, 1.54) is 12.8 Å². The Morgan fingerprint density at radius 2 is 1.67 bits per heavy atom. The molecule has 0 unspecified atom stereocenters. The van der Waals surface area contributed by atoms with Gasteiger partial charge in [0.1, 0.15) is 0 Å². The Morgan fingerprint density at radius 1 is 1.20 bits per heavy atom. The van der Waals surface area contributed by atoms with Crippen LogP contribution in [0.2, 0.25) is 0 Å². The van der Waals surface area contributed by atoms with Crippen molar-refractivity contribution in [2.45, 2.75) is 52.6 Å². The van der Waals surface area contributed by atoms with Gasteiger partial charge in [0.15, 0.2) is 5.96 Å². The number of nitrogens with two attached hydrogens (primary N) is 1. The number of aliphatic imine (C=N–C) groups is 1. The lowest BCUT2D eigenvalue weighted by Gasteiger charge is -2.17. The Labute approximate surface area is 92.7 Å². The van der Waals surface area contributed by atoms with Crippen molar-refractivity contribution < 1.29 is 0 Å². The number of nitrogens with zero attached hydrogens (tertiary/aromatic N) is 2. The molecule has 15 heavy (non-hydrogen) atoms. The standard InChI is InChI=1S/C12H23N3/c1-11(2)9(12(11,3)4)14-10(13)15(5)8-6-7-8/h8-9H,6-7H2,1-5H3,(H2,13,14). The van der Waals surface area contributed by atoms with Crippen molar-refractivity contribution in [1.82, 2.24) is 4.90 Å². The van der Waals surface area contributed by atoms with Crippen LogP contribution in [0.1, 0.15) is 40.5 Å². The molecule has 2 saturated carbocycles. The zero-order valence-corrected chi connectivity index (χ0v) is 10.5. The lowest BCUT2D eigenvalue weighted by Crippen LogP contribution is -2.36. The second-order valence-electron chi connectivity index (χ2n) is 6.18. The first kappa shape index (κ1) is 10.8. The molecular formula is C12H23N3. The molecule has 2 N–H and O–H groups in total. The summed E-state index contributed by atoms with van der Waals surface area (Å²) in [7, 11) is 2.05. The molecule has 0 radical (unpaired) electrons. The summed E-state index contributed by atoms with van der Waals surface area (Å²) in [6.45, 7) is 9.08. The Morgan fingerprint density at radius 3 is 2.00 bits per heavy atom. The molecule has 86 valence electrons. The van der Waals surface area contributed by atoms with Gasteiger partial charge in [-0.2, -0.15) is 0 Å². The minimum Gasteiger partial charge on any atom is -0.370 e. The highest BCUT2D eigenvalue weighted by molar-refractivity contribution is 5.79. The van der Waals surface area contributed by atoms with E-state index in [-0.39, 0.29) is 0 Å². The summed E-state index contributed by atoms with van der Waals surface area (Å²) in [6, 6.07) is 1.03. The molecule has 2 aliphatic rings. The second kappa shape index (κ2) is 2.89. The molecule has 0 atom stereocenters. The highest BCUT2D eigenvalue weighted by Crippen LogP contribution is 2.64. The maximum Gasteiger partial charge on any atom is 0.191 e. The fraction of sp³-hybridized carbons (Fsp3) is 0.917. The third-order valence-corrected chi connectivity index (χ3v) is 4.66. The van der Waals surface area contributed by atoms with Crippen molar-refractivity contribution in [2.24, 2.45) is 21.6 Å². The molecule has 0 aromatic rings. The predicted molar refractivity (Wildman–Crippen MR) is 63.8 cm³/mol. The molecule has 0 heterocycles. The fourth-order valence-corrected chi connectivity index (χ4v) is 2.36. The smallest absolute Gasteiger partial charge is 0.191 e. The van der Waals surface area contributed by atoms with Crippen molar-refractivity contribution in [2.75, 3.05) is 7.05 Å². The lowest BCUT2D eigenvalue weighted by atomic mass is 10.0. The monoisotopic (exact) mass is 209 g/mol. The Bertz CT molecular complexity index is 286. The molecule has 0 aliphatic heterocycles. The van der Waals surface area contributed by atoms with Crippen LogP contribution in [-0.2, 0) is 0 Å². The largest absolute Gasteiger partial charge is 0.370 e.